The minimum Gasteiger partial charge on any atom is -0.310 e. The molecule has 1 saturated carbocycles. The molecule has 6 nitrogen and oxygen atoms in total. The Hall–Kier alpha value is -2.87. The quantitative estimate of drug-likeness (QED) is 0.735. The molecule has 0 radical (unpaired) electrons. The molecule has 1 N–H and O–H groups in total. The summed E-state index contributed by atoms with van der Waals surface area (Å²) in [7, 11) is 2.10. The number of nitrogens with one attached hydrogen (secondary N) is 1. The second-order valence-electron chi connectivity index (χ2n) is 8.05. The van der Waals surface area contributed by atoms with Gasteiger partial charge in [0, 0.05) is 49.0 Å². The molecule has 8 heteroatoms. The van der Waals surface area contributed by atoms with Gasteiger partial charge in [-0.05, 0) is 30.1 Å². The van der Waals surface area contributed by atoms with Gasteiger partial charge in [0.2, 0.25) is 11.8 Å². The first-order chi connectivity index (χ1) is 13.9. The molecule has 0 spiro atoms. The van der Waals surface area contributed by atoms with Crippen LogP contribution >= 0.6 is 0 Å². The van der Waals surface area contributed by atoms with Gasteiger partial charge in [0.15, 0.2) is 0 Å². The van der Waals surface area contributed by atoms with Crippen LogP contribution < -0.4 is 5.32 Å². The molecule has 0 atom stereocenters. The fourth-order valence-electron chi connectivity index (χ4n) is 4.06. The van der Waals surface area contributed by atoms with Gasteiger partial charge >= 0.3 is 0 Å². The minimum absolute atomic E-state index is 0.381. The lowest BCUT2D eigenvalue weighted by Gasteiger charge is -2.33. The zero-order valence-electron chi connectivity index (χ0n) is 16.0. The van der Waals surface area contributed by atoms with Crippen LogP contribution in [0.5, 0.6) is 0 Å². The Labute approximate surface area is 166 Å². The maximum absolute atomic E-state index is 13.0. The number of anilines is 1. The molecule has 2 aliphatic rings. The molecule has 2 aromatic heterocycles. The smallest absolute Gasteiger partial charge is 0.249 e. The Kier molecular flexibility index (Phi) is 4.13. The summed E-state index contributed by atoms with van der Waals surface area (Å²) in [5, 5.41) is 9.06. The van der Waals surface area contributed by atoms with Crippen molar-refractivity contribution in [2.24, 2.45) is 5.92 Å². The predicted octanol–water partition coefficient (Wildman–Crippen LogP) is 3.53. The van der Waals surface area contributed by atoms with Gasteiger partial charge < -0.3 is 5.32 Å². The molecule has 0 unspecified atom stereocenters. The van der Waals surface area contributed by atoms with Gasteiger partial charge in [-0.15, -0.1) is 0 Å². The van der Waals surface area contributed by atoms with Crippen LogP contribution in [0, 0.1) is 5.92 Å². The molecule has 0 bridgehead atoms. The molecular formula is C21H21F2N5O. The van der Waals surface area contributed by atoms with E-state index in [1.54, 1.807) is 12.3 Å². The van der Waals surface area contributed by atoms with E-state index in [2.05, 4.69) is 33.4 Å². The summed E-state index contributed by atoms with van der Waals surface area (Å²) < 4.78 is 28.1. The van der Waals surface area contributed by atoms with Crippen LogP contribution in [0.1, 0.15) is 18.5 Å². The summed E-state index contributed by atoms with van der Waals surface area (Å²) in [6, 6.07) is 7.88. The van der Waals surface area contributed by atoms with Crippen molar-refractivity contribution in [3.05, 3.63) is 42.4 Å². The van der Waals surface area contributed by atoms with E-state index in [0.29, 0.717) is 5.82 Å². The average molecular weight is 397 g/mol. The minimum atomic E-state index is -2.72. The number of halogens is 2. The van der Waals surface area contributed by atoms with Crippen molar-refractivity contribution in [3.63, 3.8) is 0 Å². The van der Waals surface area contributed by atoms with Crippen LogP contribution in [0.3, 0.4) is 0 Å². The lowest BCUT2D eigenvalue weighted by molar-refractivity contribution is -0.145. The van der Waals surface area contributed by atoms with Crippen LogP contribution in [0.15, 0.2) is 36.7 Å². The predicted molar refractivity (Wildman–Crippen MR) is 106 cm³/mol. The maximum Gasteiger partial charge on any atom is 0.249 e. The Morgan fingerprint density at radius 1 is 1.17 bits per heavy atom. The summed E-state index contributed by atoms with van der Waals surface area (Å²) >= 11 is 0. The second-order valence-corrected chi connectivity index (χ2v) is 8.05. The number of alkyl halides is 2. The molecule has 150 valence electrons. The van der Waals surface area contributed by atoms with Gasteiger partial charge in [-0.3, -0.25) is 14.4 Å². The molecule has 1 fully saturated rings. The number of rotatable bonds is 3. The number of hydrogen-bond donors (Lipinski definition) is 1. The molecular weight excluding hydrogens is 376 g/mol. The average Bonchev–Trinajstić information content (AvgIpc) is 3.08. The van der Waals surface area contributed by atoms with Gasteiger partial charge in [0.05, 0.1) is 18.4 Å². The number of aromatic nitrogens is 3. The van der Waals surface area contributed by atoms with Crippen molar-refractivity contribution in [3.8, 4) is 11.1 Å². The van der Waals surface area contributed by atoms with Gasteiger partial charge in [0.1, 0.15) is 5.82 Å². The zero-order chi connectivity index (χ0) is 20.2. The summed E-state index contributed by atoms with van der Waals surface area (Å²) in [5.41, 5.74) is 3.33. The van der Waals surface area contributed by atoms with Crippen molar-refractivity contribution in [1.29, 1.82) is 0 Å². The fourth-order valence-corrected chi connectivity index (χ4v) is 4.06. The topological polar surface area (TPSA) is 63.1 Å². The molecule has 0 saturated heterocycles. The van der Waals surface area contributed by atoms with Crippen LogP contribution in [0.4, 0.5) is 14.6 Å². The van der Waals surface area contributed by atoms with Crippen molar-refractivity contribution in [2.45, 2.75) is 31.9 Å². The fraction of sp³-hybridized carbons (Fsp3) is 0.381. The summed E-state index contributed by atoms with van der Waals surface area (Å²) in [6.45, 7) is 2.70. The monoisotopic (exact) mass is 397 g/mol. The Morgan fingerprint density at radius 3 is 2.79 bits per heavy atom. The largest absolute Gasteiger partial charge is 0.310 e. The SMILES string of the molecule is CN1CCn2ncc(-c3ccc4cnc(NC(=O)C5CC(F)(F)C5)cc4c3)c2C1. The molecule has 1 aliphatic heterocycles. The second kappa shape index (κ2) is 6.59. The highest BCUT2D eigenvalue weighted by molar-refractivity contribution is 5.95. The van der Waals surface area contributed by atoms with Crippen molar-refractivity contribution in [1.82, 2.24) is 19.7 Å². The standard InChI is InChI=1S/C21H21F2N5O/c1-27-4-5-28-18(12-27)17(11-25-28)13-2-3-14-10-24-19(7-15(14)6-13)26-20(29)16-8-21(22,23)9-16/h2-3,6-7,10-11,16H,4-5,8-9,12H2,1H3,(H,24,26,29). The summed E-state index contributed by atoms with van der Waals surface area (Å²) in [4.78, 5) is 18.7. The number of amides is 1. The number of carbonyl (C=O) groups excluding carboxylic acids is 1. The van der Waals surface area contributed by atoms with Crippen LogP contribution in [-0.4, -0.2) is 45.1 Å². The van der Waals surface area contributed by atoms with Gasteiger partial charge in [-0.25, -0.2) is 13.8 Å². The molecule has 1 amide bonds. The van der Waals surface area contributed by atoms with E-state index < -0.39 is 30.6 Å². The Balaban J connectivity index is 1.42. The highest BCUT2D eigenvalue weighted by Crippen LogP contribution is 2.42. The molecule has 5 rings (SSSR count). The number of benzene rings is 1. The third kappa shape index (κ3) is 3.37. The maximum atomic E-state index is 13.0. The van der Waals surface area contributed by atoms with Crippen LogP contribution in [0.2, 0.25) is 0 Å². The molecule has 3 aromatic rings. The first-order valence-electron chi connectivity index (χ1n) is 9.70. The van der Waals surface area contributed by atoms with E-state index in [1.165, 1.54) is 5.69 Å². The van der Waals surface area contributed by atoms with Gasteiger partial charge in [-0.2, -0.15) is 5.10 Å². The van der Waals surface area contributed by atoms with Gasteiger partial charge in [-0.1, -0.05) is 12.1 Å². The van der Waals surface area contributed by atoms with Crippen molar-refractivity contribution < 1.29 is 13.6 Å². The first kappa shape index (κ1) is 18.2. The van der Waals surface area contributed by atoms with E-state index in [0.717, 1.165) is 41.5 Å². The van der Waals surface area contributed by atoms with Crippen LogP contribution in [-0.2, 0) is 17.9 Å². The highest BCUT2D eigenvalue weighted by Gasteiger charge is 2.48. The first-order valence-corrected chi connectivity index (χ1v) is 9.70. The van der Waals surface area contributed by atoms with Crippen molar-refractivity contribution >= 4 is 22.5 Å². The number of carbonyl (C=O) groups is 1. The lowest BCUT2D eigenvalue weighted by atomic mass is 9.81. The van der Waals surface area contributed by atoms with E-state index in [4.69, 9.17) is 0 Å². The molecule has 29 heavy (non-hydrogen) atoms. The third-order valence-corrected chi connectivity index (χ3v) is 5.81. The number of likely N-dealkylation sites (N-methyl/N-ethyl adjacent to an activating group) is 1. The number of nitrogens with zero attached hydrogens (tertiary/aromatic N) is 4. The van der Waals surface area contributed by atoms with E-state index in [1.807, 2.05) is 23.0 Å². The normalized spacial score (nSPS) is 19.0. The van der Waals surface area contributed by atoms with Crippen molar-refractivity contribution in [2.75, 3.05) is 18.9 Å². The molecule has 1 aromatic carbocycles. The van der Waals surface area contributed by atoms with Crippen LogP contribution in [0.25, 0.3) is 21.9 Å². The van der Waals surface area contributed by atoms with Gasteiger partial charge in [0.25, 0.3) is 0 Å². The van der Waals surface area contributed by atoms with E-state index >= 15 is 0 Å². The number of fused-ring (bicyclic) bond motifs is 2. The Morgan fingerprint density at radius 2 is 2.00 bits per heavy atom. The third-order valence-electron chi connectivity index (χ3n) is 5.81. The number of pyridine rings is 1. The van der Waals surface area contributed by atoms with E-state index in [-0.39, 0.29) is 0 Å². The molecule has 3 heterocycles. The summed E-state index contributed by atoms with van der Waals surface area (Å²) in [6.07, 6.45) is 2.80. The summed E-state index contributed by atoms with van der Waals surface area (Å²) in [5.74, 6) is -3.38. The zero-order valence-corrected chi connectivity index (χ0v) is 16.0. The Bertz CT molecular complexity index is 1100. The number of hydrogen-bond acceptors (Lipinski definition) is 4. The molecule has 1 aliphatic carbocycles. The highest BCUT2D eigenvalue weighted by atomic mass is 19.3. The lowest BCUT2D eigenvalue weighted by Crippen LogP contribution is -2.42. The van der Waals surface area contributed by atoms with E-state index in [9.17, 15) is 13.6 Å².